The van der Waals surface area contributed by atoms with Gasteiger partial charge in [-0.15, -0.1) is 0 Å². The normalized spacial score (nSPS) is 10.5. The number of aromatic nitrogens is 2. The van der Waals surface area contributed by atoms with E-state index in [0.717, 1.165) is 5.56 Å². The Kier molecular flexibility index (Phi) is 6.11. The van der Waals surface area contributed by atoms with Gasteiger partial charge in [0.05, 0.1) is 13.7 Å². The van der Waals surface area contributed by atoms with Crippen LogP contribution in [0.1, 0.15) is 21.9 Å². The van der Waals surface area contributed by atoms with Crippen LogP contribution in [0.5, 0.6) is 5.75 Å². The Labute approximate surface area is 162 Å². The maximum atomic E-state index is 12.3. The summed E-state index contributed by atoms with van der Waals surface area (Å²) in [7, 11) is 3.21. The number of hydrogen-bond donors (Lipinski definition) is 0. The van der Waals surface area contributed by atoms with E-state index in [4.69, 9.17) is 13.9 Å². The summed E-state index contributed by atoms with van der Waals surface area (Å²) >= 11 is 0. The summed E-state index contributed by atoms with van der Waals surface area (Å²) in [5, 5.41) is 4.07. The highest BCUT2D eigenvalue weighted by Gasteiger charge is 2.17. The fraction of sp³-hybridized carbons (Fsp3) is 0.250. The molecule has 3 aromatic rings. The average Bonchev–Trinajstić information content (AvgIpc) is 3.38. The lowest BCUT2D eigenvalue weighted by Gasteiger charge is -2.18. The molecule has 0 N–H and O–H groups in total. The van der Waals surface area contributed by atoms with Gasteiger partial charge in [0.2, 0.25) is 5.76 Å². The fourth-order valence-corrected chi connectivity index (χ4v) is 2.61. The molecule has 0 aliphatic rings. The van der Waals surface area contributed by atoms with Crippen LogP contribution in [0, 0.1) is 0 Å². The minimum absolute atomic E-state index is 0.0438. The van der Waals surface area contributed by atoms with Crippen LogP contribution < -0.4 is 4.74 Å². The standard InChI is InChI=1S/C20H21N3O5/c1-22(12-15-6-3-4-7-17(15)26-2)19(24)14-27-20(25)18-9-8-16(28-18)13-23-11-5-10-21-23/h3-11H,12-14H2,1-2H3. The molecular weight excluding hydrogens is 362 g/mol. The second kappa shape index (κ2) is 8.90. The summed E-state index contributed by atoms with van der Waals surface area (Å²) in [6.45, 7) is 0.371. The smallest absolute Gasteiger partial charge is 0.374 e. The molecule has 0 atom stereocenters. The van der Waals surface area contributed by atoms with E-state index in [0.29, 0.717) is 24.6 Å². The number of furan rings is 1. The highest BCUT2D eigenvalue weighted by atomic mass is 16.5. The minimum atomic E-state index is -0.689. The molecule has 0 aliphatic carbocycles. The van der Waals surface area contributed by atoms with Gasteiger partial charge in [-0.25, -0.2) is 4.79 Å². The number of rotatable bonds is 8. The molecule has 0 saturated carbocycles. The van der Waals surface area contributed by atoms with E-state index in [1.165, 1.54) is 11.0 Å². The van der Waals surface area contributed by atoms with Crippen LogP contribution >= 0.6 is 0 Å². The van der Waals surface area contributed by atoms with Crippen molar-refractivity contribution in [3.8, 4) is 5.75 Å². The zero-order valence-corrected chi connectivity index (χ0v) is 15.7. The van der Waals surface area contributed by atoms with Gasteiger partial charge in [-0.1, -0.05) is 18.2 Å². The van der Waals surface area contributed by atoms with Crippen molar-refractivity contribution in [3.05, 3.63) is 71.9 Å². The molecule has 8 heteroatoms. The van der Waals surface area contributed by atoms with Crippen molar-refractivity contribution in [3.63, 3.8) is 0 Å². The van der Waals surface area contributed by atoms with Gasteiger partial charge in [0.1, 0.15) is 11.5 Å². The van der Waals surface area contributed by atoms with Crippen molar-refractivity contribution in [1.29, 1.82) is 0 Å². The topological polar surface area (TPSA) is 86.8 Å². The van der Waals surface area contributed by atoms with Gasteiger partial charge in [0, 0.05) is 31.5 Å². The van der Waals surface area contributed by atoms with Crippen molar-refractivity contribution in [1.82, 2.24) is 14.7 Å². The molecule has 0 radical (unpaired) electrons. The molecule has 1 amide bonds. The largest absolute Gasteiger partial charge is 0.496 e. The Hall–Kier alpha value is -3.55. The monoisotopic (exact) mass is 383 g/mol. The molecular formula is C20H21N3O5. The number of nitrogens with zero attached hydrogens (tertiary/aromatic N) is 3. The van der Waals surface area contributed by atoms with Crippen LogP contribution in [0.4, 0.5) is 0 Å². The maximum Gasteiger partial charge on any atom is 0.374 e. The van der Waals surface area contributed by atoms with Crippen LogP contribution in [0.3, 0.4) is 0 Å². The van der Waals surface area contributed by atoms with Gasteiger partial charge < -0.3 is 18.8 Å². The summed E-state index contributed by atoms with van der Waals surface area (Å²) in [4.78, 5) is 25.9. The third-order valence-electron chi connectivity index (χ3n) is 4.09. The van der Waals surface area contributed by atoms with E-state index in [9.17, 15) is 9.59 Å². The molecule has 0 unspecified atom stereocenters. The van der Waals surface area contributed by atoms with Crippen LogP contribution in [0.25, 0.3) is 0 Å². The first-order chi connectivity index (χ1) is 13.6. The predicted molar refractivity (Wildman–Crippen MR) is 99.8 cm³/mol. The summed E-state index contributed by atoms with van der Waals surface area (Å²) in [6, 6.07) is 12.4. The molecule has 0 saturated heterocycles. The van der Waals surface area contributed by atoms with Crippen molar-refractivity contribution < 1.29 is 23.5 Å². The number of methoxy groups -OCH3 is 1. The lowest BCUT2D eigenvalue weighted by molar-refractivity contribution is -0.133. The first kappa shape index (κ1) is 19.2. The number of carbonyl (C=O) groups excluding carboxylic acids is 2. The Morgan fingerprint density at radius 2 is 2.00 bits per heavy atom. The number of hydrogen-bond acceptors (Lipinski definition) is 6. The Morgan fingerprint density at radius 1 is 1.18 bits per heavy atom. The number of likely N-dealkylation sites (N-methyl/N-ethyl adjacent to an activating group) is 1. The molecule has 0 bridgehead atoms. The van der Waals surface area contributed by atoms with E-state index in [1.807, 2.05) is 24.3 Å². The van der Waals surface area contributed by atoms with Gasteiger partial charge in [0.15, 0.2) is 6.61 Å². The Balaban J connectivity index is 1.51. The van der Waals surface area contributed by atoms with Gasteiger partial charge in [-0.05, 0) is 24.3 Å². The molecule has 3 rings (SSSR count). The van der Waals surface area contributed by atoms with Crippen LogP contribution in [0.2, 0.25) is 0 Å². The van der Waals surface area contributed by atoms with Crippen LogP contribution in [-0.4, -0.2) is 47.3 Å². The fourth-order valence-electron chi connectivity index (χ4n) is 2.61. The van der Waals surface area contributed by atoms with Gasteiger partial charge >= 0.3 is 5.97 Å². The van der Waals surface area contributed by atoms with Crippen molar-refractivity contribution in [2.24, 2.45) is 0 Å². The summed E-state index contributed by atoms with van der Waals surface area (Å²) in [5.41, 5.74) is 0.862. The predicted octanol–water partition coefficient (Wildman–Crippen LogP) is 2.35. The average molecular weight is 383 g/mol. The molecule has 28 heavy (non-hydrogen) atoms. The molecule has 146 valence electrons. The van der Waals surface area contributed by atoms with Crippen LogP contribution in [-0.2, 0) is 22.6 Å². The number of para-hydroxylation sites is 1. The van der Waals surface area contributed by atoms with Crippen molar-refractivity contribution >= 4 is 11.9 Å². The minimum Gasteiger partial charge on any atom is -0.496 e. The third-order valence-corrected chi connectivity index (χ3v) is 4.09. The number of benzene rings is 1. The summed E-state index contributed by atoms with van der Waals surface area (Å²) in [6.07, 6.45) is 3.45. The first-order valence-electron chi connectivity index (χ1n) is 8.66. The Bertz CT molecular complexity index is 933. The van der Waals surface area contributed by atoms with E-state index in [1.54, 1.807) is 43.4 Å². The molecule has 1 aromatic carbocycles. The van der Waals surface area contributed by atoms with E-state index >= 15 is 0 Å². The molecule has 0 fully saturated rings. The first-order valence-corrected chi connectivity index (χ1v) is 8.66. The molecule has 0 spiro atoms. The lowest BCUT2D eigenvalue weighted by atomic mass is 10.2. The maximum absolute atomic E-state index is 12.3. The van der Waals surface area contributed by atoms with E-state index in [-0.39, 0.29) is 18.3 Å². The zero-order valence-electron chi connectivity index (χ0n) is 15.7. The van der Waals surface area contributed by atoms with Gasteiger partial charge in [-0.2, -0.15) is 5.10 Å². The van der Waals surface area contributed by atoms with E-state index in [2.05, 4.69) is 5.10 Å². The highest BCUT2D eigenvalue weighted by molar-refractivity contribution is 5.88. The van der Waals surface area contributed by atoms with Crippen molar-refractivity contribution in [2.45, 2.75) is 13.1 Å². The van der Waals surface area contributed by atoms with Crippen LogP contribution in [0.15, 0.2) is 59.3 Å². The molecule has 2 heterocycles. The number of amides is 1. The summed E-state index contributed by atoms with van der Waals surface area (Å²) in [5.74, 6) is 0.283. The SMILES string of the molecule is COc1ccccc1CN(C)C(=O)COC(=O)c1ccc(Cn2cccn2)o1. The molecule has 0 aliphatic heterocycles. The second-order valence-electron chi connectivity index (χ2n) is 6.11. The lowest BCUT2D eigenvalue weighted by Crippen LogP contribution is -2.30. The second-order valence-corrected chi connectivity index (χ2v) is 6.11. The van der Waals surface area contributed by atoms with Crippen molar-refractivity contribution in [2.75, 3.05) is 20.8 Å². The molecule has 2 aromatic heterocycles. The zero-order chi connectivity index (χ0) is 19.9. The third kappa shape index (κ3) is 4.79. The van der Waals surface area contributed by atoms with Gasteiger partial charge in [0.25, 0.3) is 5.91 Å². The van der Waals surface area contributed by atoms with E-state index < -0.39 is 5.97 Å². The van der Waals surface area contributed by atoms with Gasteiger partial charge in [-0.3, -0.25) is 9.48 Å². The number of carbonyl (C=O) groups is 2. The Morgan fingerprint density at radius 3 is 2.75 bits per heavy atom. The summed E-state index contributed by atoms with van der Waals surface area (Å²) < 4.78 is 17.5. The number of ether oxygens (including phenoxy) is 2. The highest BCUT2D eigenvalue weighted by Crippen LogP contribution is 2.18. The molecule has 8 nitrogen and oxygen atoms in total. The quantitative estimate of drug-likeness (QED) is 0.555. The number of esters is 1.